The molecule has 5 nitrogen and oxygen atoms in total. The van der Waals surface area contributed by atoms with Crippen LogP contribution in [0.2, 0.25) is 0 Å². The third-order valence-corrected chi connectivity index (χ3v) is 9.69. The first kappa shape index (κ1) is 25.8. The Balaban J connectivity index is 1.11. The number of amides is 1. The zero-order valence-electron chi connectivity index (χ0n) is 22.7. The molecule has 3 heterocycles. The average Bonchev–Trinajstić information content (AvgIpc) is 3.41. The van der Waals surface area contributed by atoms with Crippen molar-refractivity contribution >= 4 is 11.6 Å². The summed E-state index contributed by atoms with van der Waals surface area (Å²) in [5.41, 5.74) is 3.76. The van der Waals surface area contributed by atoms with Gasteiger partial charge in [0.25, 0.3) is 0 Å². The molecule has 0 N–H and O–H groups in total. The number of hydrogen-bond acceptors (Lipinski definition) is 4. The van der Waals surface area contributed by atoms with Crippen molar-refractivity contribution in [2.24, 2.45) is 5.92 Å². The van der Waals surface area contributed by atoms with Crippen LogP contribution in [-0.2, 0) is 17.6 Å². The molecule has 0 radical (unpaired) electrons. The summed E-state index contributed by atoms with van der Waals surface area (Å²) >= 11 is 0. The lowest BCUT2D eigenvalue weighted by Crippen LogP contribution is -2.58. The SMILES string of the molecule is O=C(CC[C@H]1CN(C2Cc3ccccc3C2)CC[C@H]1N1CCN(c2ccccc2F)CC1)N1CCCCC1. The normalized spacial score (nSPS) is 25.5. The number of likely N-dealkylation sites (tertiary alicyclic amines) is 2. The molecular weight excluding hydrogens is 475 g/mol. The van der Waals surface area contributed by atoms with Crippen molar-refractivity contribution in [3.05, 3.63) is 65.5 Å². The van der Waals surface area contributed by atoms with Crippen LogP contribution in [0, 0.1) is 11.7 Å². The highest BCUT2D eigenvalue weighted by atomic mass is 19.1. The van der Waals surface area contributed by atoms with Crippen LogP contribution in [-0.4, -0.2) is 85.0 Å². The van der Waals surface area contributed by atoms with Gasteiger partial charge in [-0.2, -0.15) is 0 Å². The second-order valence-corrected chi connectivity index (χ2v) is 11.9. The van der Waals surface area contributed by atoms with Crippen LogP contribution in [0.4, 0.5) is 10.1 Å². The Morgan fingerprint density at radius 3 is 2.18 bits per heavy atom. The number of fused-ring (bicyclic) bond motifs is 1. The number of piperidine rings is 2. The summed E-state index contributed by atoms with van der Waals surface area (Å²) in [6, 6.07) is 17.2. The van der Waals surface area contributed by atoms with E-state index in [1.807, 2.05) is 12.1 Å². The topological polar surface area (TPSA) is 30.0 Å². The first-order valence-electron chi connectivity index (χ1n) is 15.0. The molecule has 6 rings (SSSR count). The van der Waals surface area contributed by atoms with E-state index in [1.54, 1.807) is 12.1 Å². The number of carbonyl (C=O) groups excluding carboxylic acids is 1. The lowest BCUT2D eigenvalue weighted by atomic mass is 9.85. The molecule has 1 amide bonds. The maximum atomic E-state index is 14.4. The number of rotatable bonds is 6. The first-order chi connectivity index (χ1) is 18.7. The Labute approximate surface area is 227 Å². The Hall–Kier alpha value is -2.44. The summed E-state index contributed by atoms with van der Waals surface area (Å²) in [5, 5.41) is 0. The maximum Gasteiger partial charge on any atom is 0.222 e. The molecule has 0 saturated carbocycles. The molecule has 0 unspecified atom stereocenters. The smallest absolute Gasteiger partial charge is 0.222 e. The molecule has 0 spiro atoms. The van der Waals surface area contributed by atoms with Gasteiger partial charge in [-0.3, -0.25) is 14.6 Å². The van der Waals surface area contributed by atoms with Gasteiger partial charge in [-0.05, 0) is 80.7 Å². The molecule has 2 atom stereocenters. The predicted octanol–water partition coefficient (Wildman–Crippen LogP) is 4.60. The molecule has 0 aromatic heterocycles. The summed E-state index contributed by atoms with van der Waals surface area (Å²) in [6.07, 6.45) is 8.68. The first-order valence-corrected chi connectivity index (χ1v) is 15.0. The highest BCUT2D eigenvalue weighted by Crippen LogP contribution is 2.33. The fraction of sp³-hybridized carbons (Fsp3) is 0.594. The van der Waals surface area contributed by atoms with Gasteiger partial charge >= 0.3 is 0 Å². The minimum absolute atomic E-state index is 0.124. The van der Waals surface area contributed by atoms with E-state index in [9.17, 15) is 9.18 Å². The number of benzene rings is 2. The van der Waals surface area contributed by atoms with Crippen LogP contribution in [0.15, 0.2) is 48.5 Å². The largest absolute Gasteiger partial charge is 0.367 e. The second kappa shape index (κ2) is 11.7. The number of piperazine rings is 1. The van der Waals surface area contributed by atoms with Crippen LogP contribution in [0.25, 0.3) is 0 Å². The summed E-state index contributed by atoms with van der Waals surface area (Å²) in [6.45, 7) is 7.75. The van der Waals surface area contributed by atoms with Crippen molar-refractivity contribution in [3.8, 4) is 0 Å². The monoisotopic (exact) mass is 518 g/mol. The van der Waals surface area contributed by atoms with Gasteiger partial charge in [0, 0.05) is 64.3 Å². The van der Waals surface area contributed by atoms with E-state index in [4.69, 9.17) is 0 Å². The Kier molecular flexibility index (Phi) is 7.98. The molecular formula is C32H43FN4O. The van der Waals surface area contributed by atoms with Crippen LogP contribution in [0.3, 0.4) is 0 Å². The maximum absolute atomic E-state index is 14.4. The minimum atomic E-state index is -0.124. The number of para-hydroxylation sites is 1. The van der Waals surface area contributed by atoms with E-state index in [-0.39, 0.29) is 5.82 Å². The fourth-order valence-corrected chi connectivity index (χ4v) is 7.55. The van der Waals surface area contributed by atoms with Crippen molar-refractivity contribution in [1.82, 2.24) is 14.7 Å². The van der Waals surface area contributed by atoms with E-state index in [2.05, 4.69) is 43.9 Å². The standard InChI is InChI=1S/C32H43FN4O/c33-29-10-4-5-11-31(29)35-20-18-34(19-21-35)30-14-17-37(28-22-25-8-2-3-9-26(25)23-28)24-27(30)12-13-32(38)36-15-6-1-7-16-36/h2-5,8-11,27-28,30H,1,6-7,12-24H2/t27-,30+/m0/s1. The average molecular weight is 519 g/mol. The van der Waals surface area contributed by atoms with Crippen molar-refractivity contribution in [2.75, 3.05) is 57.3 Å². The molecule has 204 valence electrons. The molecule has 2 aromatic rings. The number of halogens is 1. The number of hydrogen-bond donors (Lipinski definition) is 0. The van der Waals surface area contributed by atoms with Gasteiger partial charge in [0.1, 0.15) is 5.82 Å². The van der Waals surface area contributed by atoms with Gasteiger partial charge in [-0.25, -0.2) is 4.39 Å². The predicted molar refractivity (Wildman–Crippen MR) is 151 cm³/mol. The zero-order valence-corrected chi connectivity index (χ0v) is 22.7. The number of carbonyl (C=O) groups is 1. The Morgan fingerprint density at radius 1 is 0.789 bits per heavy atom. The molecule has 1 aliphatic carbocycles. The number of nitrogens with zero attached hydrogens (tertiary/aromatic N) is 4. The van der Waals surface area contributed by atoms with Crippen molar-refractivity contribution in [1.29, 1.82) is 0 Å². The highest BCUT2D eigenvalue weighted by molar-refractivity contribution is 5.76. The minimum Gasteiger partial charge on any atom is -0.367 e. The van der Waals surface area contributed by atoms with E-state index in [0.717, 1.165) is 96.6 Å². The molecule has 3 fully saturated rings. The van der Waals surface area contributed by atoms with Gasteiger partial charge in [0.15, 0.2) is 0 Å². The Bertz CT molecular complexity index is 1070. The fourth-order valence-electron chi connectivity index (χ4n) is 7.55. The van der Waals surface area contributed by atoms with E-state index in [1.165, 1.54) is 17.5 Å². The summed E-state index contributed by atoms with van der Waals surface area (Å²) in [5.74, 6) is 0.736. The molecule has 38 heavy (non-hydrogen) atoms. The lowest BCUT2D eigenvalue weighted by molar-refractivity contribution is -0.132. The third-order valence-electron chi connectivity index (χ3n) is 9.69. The second-order valence-electron chi connectivity index (χ2n) is 11.9. The lowest BCUT2D eigenvalue weighted by Gasteiger charge is -2.48. The van der Waals surface area contributed by atoms with Gasteiger partial charge < -0.3 is 9.80 Å². The van der Waals surface area contributed by atoms with Gasteiger partial charge in [0.2, 0.25) is 5.91 Å². The van der Waals surface area contributed by atoms with Crippen LogP contribution in [0.1, 0.15) is 49.7 Å². The Morgan fingerprint density at radius 2 is 1.47 bits per heavy atom. The molecule has 6 heteroatoms. The van der Waals surface area contributed by atoms with E-state index in [0.29, 0.717) is 30.3 Å². The van der Waals surface area contributed by atoms with Crippen molar-refractivity contribution < 1.29 is 9.18 Å². The summed E-state index contributed by atoms with van der Waals surface area (Å²) in [7, 11) is 0. The third kappa shape index (κ3) is 5.62. The molecule has 3 saturated heterocycles. The van der Waals surface area contributed by atoms with Crippen LogP contribution >= 0.6 is 0 Å². The molecule has 0 bridgehead atoms. The van der Waals surface area contributed by atoms with Gasteiger partial charge in [-0.15, -0.1) is 0 Å². The van der Waals surface area contributed by atoms with Crippen molar-refractivity contribution in [2.45, 2.75) is 63.5 Å². The molecule has 2 aromatic carbocycles. The van der Waals surface area contributed by atoms with E-state index < -0.39 is 0 Å². The quantitative estimate of drug-likeness (QED) is 0.559. The van der Waals surface area contributed by atoms with Gasteiger partial charge in [0.05, 0.1) is 5.69 Å². The van der Waals surface area contributed by atoms with Crippen molar-refractivity contribution in [3.63, 3.8) is 0 Å². The molecule has 3 aliphatic heterocycles. The van der Waals surface area contributed by atoms with E-state index >= 15 is 0 Å². The van der Waals surface area contributed by atoms with Crippen LogP contribution < -0.4 is 4.90 Å². The van der Waals surface area contributed by atoms with Crippen LogP contribution in [0.5, 0.6) is 0 Å². The summed E-state index contributed by atoms with van der Waals surface area (Å²) in [4.78, 5) is 22.8. The van der Waals surface area contributed by atoms with Gasteiger partial charge in [-0.1, -0.05) is 36.4 Å². The number of anilines is 1. The zero-order chi connectivity index (χ0) is 25.9. The highest BCUT2D eigenvalue weighted by Gasteiger charge is 2.38. The summed E-state index contributed by atoms with van der Waals surface area (Å²) < 4.78 is 14.4. The molecule has 4 aliphatic rings.